The van der Waals surface area contributed by atoms with Gasteiger partial charge in [-0.2, -0.15) is 8.42 Å². The van der Waals surface area contributed by atoms with Gasteiger partial charge < -0.3 is 4.18 Å². The standard InChI is InChI=1S/C11H8N2O5S/c14-13(15)9-3-5-10(6-4-9)18-19(16,17)11-2-1-7-12-8-11/h1-8H. The van der Waals surface area contributed by atoms with Crippen molar-refractivity contribution in [2.45, 2.75) is 4.90 Å². The van der Waals surface area contributed by atoms with Crippen LogP contribution in [0.2, 0.25) is 0 Å². The third-order valence-electron chi connectivity index (χ3n) is 2.18. The van der Waals surface area contributed by atoms with Crippen molar-refractivity contribution >= 4 is 15.8 Å². The van der Waals surface area contributed by atoms with Gasteiger partial charge in [-0.05, 0) is 24.3 Å². The van der Waals surface area contributed by atoms with E-state index in [1.54, 1.807) is 0 Å². The van der Waals surface area contributed by atoms with Crippen LogP contribution in [-0.2, 0) is 10.1 Å². The smallest absolute Gasteiger partial charge is 0.340 e. The van der Waals surface area contributed by atoms with Crippen LogP contribution in [0.25, 0.3) is 0 Å². The van der Waals surface area contributed by atoms with Crippen molar-refractivity contribution in [3.63, 3.8) is 0 Å². The molecule has 0 unspecified atom stereocenters. The molecule has 1 heterocycles. The van der Waals surface area contributed by atoms with Crippen LogP contribution in [0.4, 0.5) is 5.69 Å². The van der Waals surface area contributed by atoms with Gasteiger partial charge in [-0.15, -0.1) is 0 Å². The number of hydrogen-bond donors (Lipinski definition) is 0. The van der Waals surface area contributed by atoms with Crippen LogP contribution in [0.3, 0.4) is 0 Å². The molecule has 2 aromatic rings. The van der Waals surface area contributed by atoms with E-state index in [2.05, 4.69) is 4.98 Å². The van der Waals surface area contributed by atoms with Gasteiger partial charge in [-0.1, -0.05) is 0 Å². The van der Waals surface area contributed by atoms with Crippen LogP contribution in [0.1, 0.15) is 0 Å². The highest BCUT2D eigenvalue weighted by Crippen LogP contribution is 2.21. The number of nitrogens with zero attached hydrogens (tertiary/aromatic N) is 2. The molecule has 0 saturated heterocycles. The molecule has 0 N–H and O–H groups in total. The molecule has 0 amide bonds. The van der Waals surface area contributed by atoms with Crippen molar-refractivity contribution in [2.75, 3.05) is 0 Å². The van der Waals surface area contributed by atoms with Crippen LogP contribution < -0.4 is 4.18 Å². The lowest BCUT2D eigenvalue weighted by Crippen LogP contribution is -2.09. The van der Waals surface area contributed by atoms with E-state index in [4.69, 9.17) is 4.18 Å². The molecule has 0 aliphatic heterocycles. The Hall–Kier alpha value is -2.48. The number of aromatic nitrogens is 1. The van der Waals surface area contributed by atoms with Gasteiger partial charge in [0.25, 0.3) is 5.69 Å². The highest BCUT2D eigenvalue weighted by Gasteiger charge is 2.17. The summed E-state index contributed by atoms with van der Waals surface area (Å²) < 4.78 is 28.5. The summed E-state index contributed by atoms with van der Waals surface area (Å²) in [7, 11) is -3.98. The zero-order valence-electron chi connectivity index (χ0n) is 9.46. The number of rotatable bonds is 4. The average Bonchev–Trinajstić information content (AvgIpc) is 2.40. The highest BCUT2D eigenvalue weighted by molar-refractivity contribution is 7.87. The molecule has 0 saturated carbocycles. The van der Waals surface area contributed by atoms with E-state index in [9.17, 15) is 18.5 Å². The fourth-order valence-electron chi connectivity index (χ4n) is 1.29. The molecule has 1 aromatic carbocycles. The number of nitro benzene ring substituents is 1. The summed E-state index contributed by atoms with van der Waals surface area (Å²) in [6.45, 7) is 0. The summed E-state index contributed by atoms with van der Waals surface area (Å²) in [6, 6.07) is 7.56. The zero-order valence-corrected chi connectivity index (χ0v) is 10.3. The first kappa shape index (κ1) is 13.0. The van der Waals surface area contributed by atoms with Crippen molar-refractivity contribution < 1.29 is 17.5 Å². The fourth-order valence-corrected chi connectivity index (χ4v) is 2.19. The molecule has 98 valence electrons. The zero-order chi connectivity index (χ0) is 13.9. The van der Waals surface area contributed by atoms with Crippen molar-refractivity contribution in [3.8, 4) is 5.75 Å². The van der Waals surface area contributed by atoms with Gasteiger partial charge in [0.2, 0.25) is 0 Å². The first-order valence-corrected chi connectivity index (χ1v) is 6.49. The number of pyridine rings is 1. The van der Waals surface area contributed by atoms with Crippen LogP contribution in [0.5, 0.6) is 5.75 Å². The second-order valence-corrected chi connectivity index (χ2v) is 5.02. The Morgan fingerprint density at radius 2 is 1.84 bits per heavy atom. The minimum Gasteiger partial charge on any atom is -0.379 e. The van der Waals surface area contributed by atoms with Crippen LogP contribution in [-0.4, -0.2) is 18.3 Å². The molecular weight excluding hydrogens is 272 g/mol. The molecule has 0 fully saturated rings. The van der Waals surface area contributed by atoms with E-state index in [1.807, 2.05) is 0 Å². The Bertz CT molecular complexity index is 683. The van der Waals surface area contributed by atoms with Gasteiger partial charge in [0, 0.05) is 24.5 Å². The summed E-state index contributed by atoms with van der Waals surface area (Å²) in [5.41, 5.74) is -0.147. The van der Waals surface area contributed by atoms with E-state index in [1.165, 1.54) is 30.5 Å². The van der Waals surface area contributed by atoms with Crippen LogP contribution in [0, 0.1) is 10.1 Å². The quantitative estimate of drug-likeness (QED) is 0.480. The summed E-state index contributed by atoms with van der Waals surface area (Å²) in [6.07, 6.45) is 2.59. The SMILES string of the molecule is O=[N+]([O-])c1ccc(OS(=O)(=O)c2cccnc2)cc1. The van der Waals surface area contributed by atoms with E-state index in [0.717, 1.165) is 18.3 Å². The van der Waals surface area contributed by atoms with Crippen molar-refractivity contribution in [1.29, 1.82) is 0 Å². The lowest BCUT2D eigenvalue weighted by Gasteiger charge is -2.05. The maximum Gasteiger partial charge on any atom is 0.340 e. The molecular formula is C11H8N2O5S. The number of nitro groups is 1. The molecule has 0 radical (unpaired) electrons. The van der Waals surface area contributed by atoms with Crippen LogP contribution >= 0.6 is 0 Å². The first-order chi connectivity index (χ1) is 8.99. The van der Waals surface area contributed by atoms with Crippen molar-refractivity contribution in [2.24, 2.45) is 0 Å². The molecule has 0 bridgehead atoms. The highest BCUT2D eigenvalue weighted by atomic mass is 32.2. The van der Waals surface area contributed by atoms with Gasteiger partial charge in [-0.3, -0.25) is 15.1 Å². The fraction of sp³-hybridized carbons (Fsp3) is 0. The molecule has 0 spiro atoms. The third kappa shape index (κ3) is 3.05. The van der Waals surface area contributed by atoms with Gasteiger partial charge in [0.05, 0.1) is 4.92 Å². The summed E-state index contributed by atoms with van der Waals surface area (Å²) in [5.74, 6) is -0.00514. The number of hydrogen-bond acceptors (Lipinski definition) is 6. The summed E-state index contributed by atoms with van der Waals surface area (Å²) in [4.78, 5) is 13.5. The summed E-state index contributed by atoms with van der Waals surface area (Å²) >= 11 is 0. The monoisotopic (exact) mass is 280 g/mol. The predicted molar refractivity (Wildman–Crippen MR) is 65.1 cm³/mol. The molecule has 0 aliphatic carbocycles. The lowest BCUT2D eigenvalue weighted by atomic mass is 10.3. The lowest BCUT2D eigenvalue weighted by molar-refractivity contribution is -0.384. The minimum atomic E-state index is -3.98. The molecule has 19 heavy (non-hydrogen) atoms. The molecule has 0 aliphatic rings. The molecule has 1 aromatic heterocycles. The molecule has 0 atom stereocenters. The Morgan fingerprint density at radius 3 is 2.37 bits per heavy atom. The van der Waals surface area contributed by atoms with E-state index < -0.39 is 15.0 Å². The maximum atomic E-state index is 11.8. The summed E-state index contributed by atoms with van der Waals surface area (Å²) in [5, 5.41) is 10.5. The topological polar surface area (TPSA) is 99.4 Å². The van der Waals surface area contributed by atoms with Gasteiger partial charge >= 0.3 is 10.1 Å². The Balaban J connectivity index is 2.24. The van der Waals surface area contributed by atoms with Crippen molar-refractivity contribution in [1.82, 2.24) is 4.98 Å². The Kier molecular flexibility index (Phi) is 3.43. The Labute approximate surface area is 108 Å². The number of non-ortho nitro benzene ring substituents is 1. The average molecular weight is 280 g/mol. The molecule has 8 heteroatoms. The molecule has 2 rings (SSSR count). The molecule has 7 nitrogen and oxygen atoms in total. The Morgan fingerprint density at radius 1 is 1.16 bits per heavy atom. The normalized spacial score (nSPS) is 10.9. The first-order valence-electron chi connectivity index (χ1n) is 5.08. The third-order valence-corrected chi connectivity index (χ3v) is 3.41. The van der Waals surface area contributed by atoms with E-state index >= 15 is 0 Å². The van der Waals surface area contributed by atoms with Gasteiger partial charge in [0.15, 0.2) is 0 Å². The second-order valence-electron chi connectivity index (χ2n) is 3.48. The van der Waals surface area contributed by atoms with Gasteiger partial charge in [-0.25, -0.2) is 0 Å². The van der Waals surface area contributed by atoms with Crippen LogP contribution in [0.15, 0.2) is 53.7 Å². The van der Waals surface area contributed by atoms with E-state index in [-0.39, 0.29) is 16.3 Å². The predicted octanol–water partition coefficient (Wildman–Crippen LogP) is 1.76. The maximum absolute atomic E-state index is 11.8. The largest absolute Gasteiger partial charge is 0.379 e. The minimum absolute atomic E-state index is 0.00514. The van der Waals surface area contributed by atoms with E-state index in [0.29, 0.717) is 0 Å². The second kappa shape index (κ2) is 5.02. The van der Waals surface area contributed by atoms with Crippen molar-refractivity contribution in [3.05, 3.63) is 58.9 Å². The van der Waals surface area contributed by atoms with Gasteiger partial charge in [0.1, 0.15) is 10.6 Å². The number of benzene rings is 1.